The van der Waals surface area contributed by atoms with Gasteiger partial charge in [-0.3, -0.25) is 9.63 Å². The molecule has 0 bridgehead atoms. The third-order valence-corrected chi connectivity index (χ3v) is 9.32. The Balaban J connectivity index is 1.38. The molecule has 3 aromatic rings. The van der Waals surface area contributed by atoms with Crippen LogP contribution in [-0.4, -0.2) is 53.8 Å². The quantitative estimate of drug-likeness (QED) is 0.270. The molecule has 1 unspecified atom stereocenters. The lowest BCUT2D eigenvalue weighted by Crippen LogP contribution is -2.50. The summed E-state index contributed by atoms with van der Waals surface area (Å²) in [6.07, 6.45) is 2.36. The van der Waals surface area contributed by atoms with Crippen molar-refractivity contribution in [1.82, 2.24) is 10.2 Å². The van der Waals surface area contributed by atoms with E-state index in [1.807, 2.05) is 48.5 Å². The van der Waals surface area contributed by atoms with E-state index in [4.69, 9.17) is 28.5 Å². The maximum atomic E-state index is 14.0. The number of benzene rings is 3. The van der Waals surface area contributed by atoms with E-state index < -0.39 is 28.3 Å². The lowest BCUT2D eigenvalue weighted by atomic mass is 9.97. The van der Waals surface area contributed by atoms with Crippen molar-refractivity contribution in [2.24, 2.45) is 0 Å². The minimum atomic E-state index is -4.23. The van der Waals surface area contributed by atoms with Crippen LogP contribution in [0.15, 0.2) is 59.5 Å². The highest BCUT2D eigenvalue weighted by Crippen LogP contribution is 2.36. The number of methoxy groups -OCH3 is 1. The topological polar surface area (TPSA) is 131 Å². The van der Waals surface area contributed by atoms with Crippen LogP contribution in [0, 0.1) is 13.8 Å². The Morgan fingerprint density at radius 1 is 1.02 bits per heavy atom. The summed E-state index contributed by atoms with van der Waals surface area (Å²) in [4.78, 5) is 18.7. The summed E-state index contributed by atoms with van der Waals surface area (Å²) in [5.41, 5.74) is 5.78. The SMILES string of the molecule is COc1cc(C)c(S(=O)(=O)NC(CO[C@@H]2CCCCO2)C(=O)NOCc2ccccc2)c(C)c1Cc1ccc2c(c1)OCO2. The second-order valence-corrected chi connectivity index (χ2v) is 12.4. The van der Waals surface area contributed by atoms with Crippen molar-refractivity contribution in [3.05, 3.63) is 82.4 Å². The summed E-state index contributed by atoms with van der Waals surface area (Å²) in [6, 6.07) is 15.3. The third-order valence-electron chi connectivity index (χ3n) is 7.56. The summed E-state index contributed by atoms with van der Waals surface area (Å²) in [6.45, 7) is 3.99. The molecule has 2 N–H and O–H groups in total. The maximum Gasteiger partial charge on any atom is 0.264 e. The van der Waals surface area contributed by atoms with Gasteiger partial charge in [0, 0.05) is 18.6 Å². The number of hydrogen-bond donors (Lipinski definition) is 2. The van der Waals surface area contributed by atoms with Gasteiger partial charge in [0.2, 0.25) is 16.8 Å². The lowest BCUT2D eigenvalue weighted by molar-refractivity contribution is -0.169. The van der Waals surface area contributed by atoms with Crippen molar-refractivity contribution in [3.63, 3.8) is 0 Å². The number of hydroxylamine groups is 1. The highest BCUT2D eigenvalue weighted by Gasteiger charge is 2.31. The Bertz CT molecular complexity index is 1560. The van der Waals surface area contributed by atoms with E-state index in [0.717, 1.165) is 24.0 Å². The van der Waals surface area contributed by atoms with Gasteiger partial charge in [-0.1, -0.05) is 36.4 Å². The Kier molecular flexibility index (Phi) is 10.4. The van der Waals surface area contributed by atoms with Crippen molar-refractivity contribution in [1.29, 1.82) is 0 Å². The minimum Gasteiger partial charge on any atom is -0.496 e. The molecular formula is C32H38N2O9S. The van der Waals surface area contributed by atoms with E-state index in [-0.39, 0.29) is 24.9 Å². The molecule has 0 radical (unpaired) electrons. The molecule has 0 saturated carbocycles. The van der Waals surface area contributed by atoms with Gasteiger partial charge in [-0.05, 0) is 73.6 Å². The summed E-state index contributed by atoms with van der Waals surface area (Å²) in [5, 5.41) is 0. The average Bonchev–Trinajstić information content (AvgIpc) is 3.49. The van der Waals surface area contributed by atoms with Gasteiger partial charge >= 0.3 is 0 Å². The summed E-state index contributed by atoms with van der Waals surface area (Å²) in [7, 11) is -2.69. The number of aryl methyl sites for hydroxylation is 1. The van der Waals surface area contributed by atoms with E-state index in [0.29, 0.717) is 53.4 Å². The molecule has 2 aliphatic rings. The summed E-state index contributed by atoms with van der Waals surface area (Å²) >= 11 is 0. The standard InChI is InChI=1S/C32H38N2O9S/c1-21-15-28(38-3)25(16-24-12-13-27-29(17-24)42-20-41-27)22(2)31(21)44(36,37)34-26(19-40-30-11-7-8-14-39-30)32(35)33-43-18-23-9-5-4-6-10-23/h4-6,9-10,12-13,15,17,26,30,34H,7-8,11,14,16,18-20H2,1-3H3,(H,33,35)/t26?,30-/m1/s1. The van der Waals surface area contributed by atoms with Gasteiger partial charge in [0.05, 0.1) is 25.2 Å². The molecular weight excluding hydrogens is 588 g/mol. The van der Waals surface area contributed by atoms with E-state index >= 15 is 0 Å². The van der Waals surface area contributed by atoms with Crippen molar-refractivity contribution in [3.8, 4) is 17.2 Å². The molecule has 12 heteroatoms. The number of nitrogens with one attached hydrogen (secondary N) is 2. The molecule has 1 amide bonds. The number of carbonyl (C=O) groups is 1. The first-order chi connectivity index (χ1) is 21.2. The predicted octanol–water partition coefficient (Wildman–Crippen LogP) is 4.07. The second-order valence-electron chi connectivity index (χ2n) is 10.7. The van der Waals surface area contributed by atoms with Crippen LogP contribution < -0.4 is 24.4 Å². The highest BCUT2D eigenvalue weighted by atomic mass is 32.2. The Labute approximate surface area is 257 Å². The first-order valence-corrected chi connectivity index (χ1v) is 16.0. The third kappa shape index (κ3) is 7.69. The molecule has 1 saturated heterocycles. The molecule has 44 heavy (non-hydrogen) atoms. The van der Waals surface area contributed by atoms with Gasteiger partial charge in [0.1, 0.15) is 11.8 Å². The van der Waals surface area contributed by atoms with Crippen molar-refractivity contribution in [2.75, 3.05) is 27.1 Å². The number of sulfonamides is 1. The lowest BCUT2D eigenvalue weighted by Gasteiger charge is -2.26. The molecule has 3 aromatic carbocycles. The van der Waals surface area contributed by atoms with E-state index in [9.17, 15) is 13.2 Å². The largest absolute Gasteiger partial charge is 0.496 e. The van der Waals surface area contributed by atoms with Gasteiger partial charge in [-0.25, -0.2) is 13.9 Å². The normalized spacial score (nSPS) is 16.8. The van der Waals surface area contributed by atoms with Gasteiger partial charge in [0.25, 0.3) is 5.91 Å². The van der Waals surface area contributed by atoms with Crippen molar-refractivity contribution in [2.45, 2.75) is 63.4 Å². The predicted molar refractivity (Wildman–Crippen MR) is 161 cm³/mol. The number of ether oxygens (including phenoxy) is 5. The molecule has 5 rings (SSSR count). The van der Waals surface area contributed by atoms with E-state index in [1.165, 1.54) is 0 Å². The molecule has 1 fully saturated rings. The maximum absolute atomic E-state index is 14.0. The number of carbonyl (C=O) groups excluding carboxylic acids is 1. The van der Waals surface area contributed by atoms with Crippen LogP contribution in [0.1, 0.15) is 47.1 Å². The zero-order chi connectivity index (χ0) is 31.1. The highest BCUT2D eigenvalue weighted by molar-refractivity contribution is 7.89. The van der Waals surface area contributed by atoms with Gasteiger partial charge in [-0.2, -0.15) is 4.72 Å². The molecule has 2 aliphatic heterocycles. The fourth-order valence-corrected chi connectivity index (χ4v) is 7.01. The molecule has 2 heterocycles. The van der Waals surface area contributed by atoms with Gasteiger partial charge < -0.3 is 23.7 Å². The first kappa shape index (κ1) is 31.7. The Morgan fingerprint density at radius 3 is 2.57 bits per heavy atom. The minimum absolute atomic E-state index is 0.0611. The molecule has 2 atom stereocenters. The smallest absolute Gasteiger partial charge is 0.264 e. The van der Waals surface area contributed by atoms with E-state index in [2.05, 4.69) is 10.2 Å². The molecule has 0 aromatic heterocycles. The molecule has 11 nitrogen and oxygen atoms in total. The summed E-state index contributed by atoms with van der Waals surface area (Å²) in [5.74, 6) is 1.15. The Hall–Kier alpha value is -3.68. The zero-order valence-corrected chi connectivity index (χ0v) is 25.9. The van der Waals surface area contributed by atoms with Crippen LogP contribution in [0.5, 0.6) is 17.2 Å². The van der Waals surface area contributed by atoms with E-state index in [1.54, 1.807) is 27.0 Å². The zero-order valence-electron chi connectivity index (χ0n) is 25.1. The van der Waals surface area contributed by atoms with Gasteiger partial charge in [0.15, 0.2) is 17.8 Å². The Morgan fingerprint density at radius 2 is 1.82 bits per heavy atom. The number of hydrogen-bond acceptors (Lipinski definition) is 9. The number of fused-ring (bicyclic) bond motifs is 1. The summed E-state index contributed by atoms with van der Waals surface area (Å²) < 4.78 is 58.6. The second kappa shape index (κ2) is 14.4. The fraction of sp³-hybridized carbons (Fsp3) is 0.406. The number of rotatable bonds is 13. The van der Waals surface area contributed by atoms with Crippen LogP contribution in [0.4, 0.5) is 0 Å². The molecule has 0 spiro atoms. The van der Waals surface area contributed by atoms with Crippen molar-refractivity contribution < 1.29 is 41.7 Å². The average molecular weight is 627 g/mol. The van der Waals surface area contributed by atoms with Crippen LogP contribution in [-0.2, 0) is 42.2 Å². The van der Waals surface area contributed by atoms with Crippen LogP contribution >= 0.6 is 0 Å². The van der Waals surface area contributed by atoms with Crippen LogP contribution in [0.2, 0.25) is 0 Å². The van der Waals surface area contributed by atoms with Gasteiger partial charge in [-0.15, -0.1) is 0 Å². The first-order valence-electron chi connectivity index (χ1n) is 14.5. The monoisotopic (exact) mass is 626 g/mol. The van der Waals surface area contributed by atoms with Crippen molar-refractivity contribution >= 4 is 15.9 Å². The molecule has 0 aliphatic carbocycles. The molecule has 236 valence electrons. The fourth-order valence-electron chi connectivity index (χ4n) is 5.33. The van der Waals surface area contributed by atoms with Crippen LogP contribution in [0.25, 0.3) is 0 Å². The van der Waals surface area contributed by atoms with Crippen LogP contribution in [0.3, 0.4) is 0 Å². The number of amides is 1.